The average molecular weight is 176 g/mol. The summed E-state index contributed by atoms with van der Waals surface area (Å²) in [6.45, 7) is 1.87. The molecule has 2 N–H and O–H groups in total. The van der Waals surface area contributed by atoms with Gasteiger partial charge in [-0.15, -0.1) is 0 Å². The highest BCUT2D eigenvalue weighted by atomic mass is 16.4. The van der Waals surface area contributed by atoms with Crippen molar-refractivity contribution in [3.8, 4) is 11.5 Å². The minimum absolute atomic E-state index is 0.136. The quantitative estimate of drug-likeness (QED) is 0.701. The Hall–Kier alpha value is -1.91. The average Bonchev–Trinajstić information content (AvgIpc) is 2.53. The molecule has 5 nitrogen and oxygen atoms in total. The molecule has 0 saturated carbocycles. The Morgan fingerprint density at radius 2 is 2.00 bits per heavy atom. The number of aryl methyl sites for hydroxylation is 1. The molecule has 5 heteroatoms. The molecule has 0 aliphatic rings. The Kier molecular flexibility index (Phi) is 1.70. The SMILES string of the molecule is Cc1cnc(-c2cnc(N)o2)cn1. The summed E-state index contributed by atoms with van der Waals surface area (Å²) in [5, 5.41) is 0. The van der Waals surface area contributed by atoms with Gasteiger partial charge in [0.2, 0.25) is 0 Å². The third kappa shape index (κ3) is 1.48. The molecule has 2 rings (SSSR count). The number of rotatable bonds is 1. The fourth-order valence-electron chi connectivity index (χ4n) is 0.926. The van der Waals surface area contributed by atoms with E-state index in [9.17, 15) is 0 Å². The number of nitrogens with zero attached hydrogens (tertiary/aromatic N) is 3. The van der Waals surface area contributed by atoms with Crippen LogP contribution in [-0.2, 0) is 0 Å². The molecule has 0 aromatic carbocycles. The maximum Gasteiger partial charge on any atom is 0.292 e. The van der Waals surface area contributed by atoms with Gasteiger partial charge in [0.15, 0.2) is 5.76 Å². The smallest absolute Gasteiger partial charge is 0.292 e. The van der Waals surface area contributed by atoms with Crippen molar-refractivity contribution in [3.63, 3.8) is 0 Å². The molecule has 0 saturated heterocycles. The molecule has 0 unspecified atom stereocenters. The van der Waals surface area contributed by atoms with E-state index < -0.39 is 0 Å². The van der Waals surface area contributed by atoms with Crippen LogP contribution in [0.5, 0.6) is 0 Å². The van der Waals surface area contributed by atoms with Crippen LogP contribution in [0, 0.1) is 6.92 Å². The number of oxazole rings is 1. The molecule has 0 bridgehead atoms. The molecule has 0 aliphatic heterocycles. The number of nitrogens with two attached hydrogens (primary N) is 1. The second-order valence-electron chi connectivity index (χ2n) is 2.61. The molecule has 0 spiro atoms. The number of anilines is 1. The van der Waals surface area contributed by atoms with Crippen LogP contribution in [-0.4, -0.2) is 15.0 Å². The van der Waals surface area contributed by atoms with Gasteiger partial charge in [-0.3, -0.25) is 4.98 Å². The standard InChI is InChI=1S/C8H8N4O/c1-5-2-11-6(3-10-5)7-4-12-8(9)13-7/h2-4H,1H3,(H2,9,12). The van der Waals surface area contributed by atoms with Crippen molar-refractivity contribution < 1.29 is 4.42 Å². The van der Waals surface area contributed by atoms with Crippen molar-refractivity contribution in [2.24, 2.45) is 0 Å². The molecule has 66 valence electrons. The van der Waals surface area contributed by atoms with Crippen LogP contribution in [0.15, 0.2) is 23.0 Å². The van der Waals surface area contributed by atoms with Gasteiger partial charge in [-0.2, -0.15) is 0 Å². The Bertz CT molecular complexity index is 406. The molecular weight excluding hydrogens is 168 g/mol. The fourth-order valence-corrected chi connectivity index (χ4v) is 0.926. The van der Waals surface area contributed by atoms with Crippen molar-refractivity contribution >= 4 is 6.01 Å². The van der Waals surface area contributed by atoms with E-state index in [2.05, 4.69) is 15.0 Å². The Labute approximate surface area is 74.6 Å². The van der Waals surface area contributed by atoms with E-state index in [1.807, 2.05) is 6.92 Å². The summed E-state index contributed by atoms with van der Waals surface area (Å²) in [4.78, 5) is 11.9. The van der Waals surface area contributed by atoms with Crippen molar-refractivity contribution in [3.05, 3.63) is 24.3 Å². The third-order valence-electron chi connectivity index (χ3n) is 1.56. The van der Waals surface area contributed by atoms with Gasteiger partial charge >= 0.3 is 0 Å². The fraction of sp³-hybridized carbons (Fsp3) is 0.125. The van der Waals surface area contributed by atoms with E-state index >= 15 is 0 Å². The molecular formula is C8H8N4O. The van der Waals surface area contributed by atoms with Gasteiger partial charge < -0.3 is 10.2 Å². The minimum Gasteiger partial charge on any atom is -0.422 e. The summed E-state index contributed by atoms with van der Waals surface area (Å²) in [5.41, 5.74) is 6.81. The minimum atomic E-state index is 0.136. The predicted molar refractivity (Wildman–Crippen MR) is 46.7 cm³/mol. The molecule has 0 aliphatic carbocycles. The zero-order chi connectivity index (χ0) is 9.26. The zero-order valence-electron chi connectivity index (χ0n) is 7.06. The van der Waals surface area contributed by atoms with Crippen molar-refractivity contribution in [2.45, 2.75) is 6.92 Å². The van der Waals surface area contributed by atoms with Crippen molar-refractivity contribution in [2.75, 3.05) is 5.73 Å². The van der Waals surface area contributed by atoms with E-state index in [0.29, 0.717) is 11.5 Å². The summed E-state index contributed by atoms with van der Waals surface area (Å²) in [5.74, 6) is 0.532. The number of hydrogen-bond donors (Lipinski definition) is 1. The highest BCUT2D eigenvalue weighted by molar-refractivity contribution is 5.50. The Morgan fingerprint density at radius 3 is 2.54 bits per heavy atom. The summed E-state index contributed by atoms with van der Waals surface area (Å²) in [7, 11) is 0. The van der Waals surface area contributed by atoms with Gasteiger partial charge in [-0.25, -0.2) is 9.97 Å². The predicted octanol–water partition coefficient (Wildman–Crippen LogP) is 1.02. The van der Waals surface area contributed by atoms with E-state index in [1.165, 1.54) is 6.20 Å². The summed E-state index contributed by atoms with van der Waals surface area (Å²) in [6.07, 6.45) is 4.80. The normalized spacial score (nSPS) is 10.2. The Balaban J connectivity index is 2.41. The van der Waals surface area contributed by atoms with E-state index in [0.717, 1.165) is 5.69 Å². The van der Waals surface area contributed by atoms with Crippen LogP contribution >= 0.6 is 0 Å². The number of aromatic nitrogens is 3. The topological polar surface area (TPSA) is 77.8 Å². The van der Waals surface area contributed by atoms with Gasteiger partial charge in [-0.05, 0) is 6.92 Å². The van der Waals surface area contributed by atoms with Crippen LogP contribution in [0.3, 0.4) is 0 Å². The van der Waals surface area contributed by atoms with Gasteiger partial charge in [-0.1, -0.05) is 0 Å². The van der Waals surface area contributed by atoms with Crippen molar-refractivity contribution in [1.82, 2.24) is 15.0 Å². The lowest BCUT2D eigenvalue weighted by atomic mass is 10.3. The van der Waals surface area contributed by atoms with E-state index in [1.54, 1.807) is 12.4 Å². The summed E-state index contributed by atoms with van der Waals surface area (Å²) < 4.78 is 5.07. The third-order valence-corrected chi connectivity index (χ3v) is 1.56. The largest absolute Gasteiger partial charge is 0.422 e. The van der Waals surface area contributed by atoms with Gasteiger partial charge in [0.1, 0.15) is 5.69 Å². The molecule has 2 aromatic heterocycles. The molecule has 0 amide bonds. The lowest BCUT2D eigenvalue weighted by molar-refractivity contribution is 0.592. The van der Waals surface area contributed by atoms with Crippen LogP contribution in [0.1, 0.15) is 5.69 Å². The lowest BCUT2D eigenvalue weighted by Crippen LogP contribution is -1.86. The van der Waals surface area contributed by atoms with Crippen LogP contribution in [0.4, 0.5) is 6.01 Å². The van der Waals surface area contributed by atoms with Crippen LogP contribution in [0.25, 0.3) is 11.5 Å². The van der Waals surface area contributed by atoms with Gasteiger partial charge in [0.25, 0.3) is 6.01 Å². The maximum absolute atomic E-state index is 5.32. The summed E-state index contributed by atoms with van der Waals surface area (Å²) in [6, 6.07) is 0.136. The zero-order valence-corrected chi connectivity index (χ0v) is 7.06. The molecule has 0 atom stereocenters. The first-order valence-corrected chi connectivity index (χ1v) is 3.76. The first kappa shape index (κ1) is 7.72. The van der Waals surface area contributed by atoms with E-state index in [-0.39, 0.29) is 6.01 Å². The Morgan fingerprint density at radius 1 is 1.15 bits per heavy atom. The number of nitrogen functional groups attached to an aromatic ring is 1. The van der Waals surface area contributed by atoms with Crippen molar-refractivity contribution in [1.29, 1.82) is 0 Å². The van der Waals surface area contributed by atoms with Crippen LogP contribution < -0.4 is 5.73 Å². The molecule has 2 heterocycles. The molecule has 2 aromatic rings. The van der Waals surface area contributed by atoms with Crippen LogP contribution in [0.2, 0.25) is 0 Å². The van der Waals surface area contributed by atoms with E-state index in [4.69, 9.17) is 10.2 Å². The second kappa shape index (κ2) is 2.85. The summed E-state index contributed by atoms with van der Waals surface area (Å²) >= 11 is 0. The monoisotopic (exact) mass is 176 g/mol. The highest BCUT2D eigenvalue weighted by Crippen LogP contribution is 2.17. The van der Waals surface area contributed by atoms with Gasteiger partial charge in [0, 0.05) is 6.20 Å². The molecule has 0 radical (unpaired) electrons. The highest BCUT2D eigenvalue weighted by Gasteiger charge is 2.04. The first-order valence-electron chi connectivity index (χ1n) is 3.76. The van der Waals surface area contributed by atoms with Gasteiger partial charge in [0.05, 0.1) is 18.1 Å². The molecule has 0 fully saturated rings. The first-order chi connectivity index (χ1) is 6.25. The lowest BCUT2D eigenvalue weighted by Gasteiger charge is -1.93. The second-order valence-corrected chi connectivity index (χ2v) is 2.61. The molecule has 13 heavy (non-hydrogen) atoms. The maximum atomic E-state index is 5.32. The number of hydrogen-bond acceptors (Lipinski definition) is 5.